The van der Waals surface area contributed by atoms with Gasteiger partial charge >= 0.3 is 5.97 Å². The molecule has 5 heteroatoms. The van der Waals surface area contributed by atoms with Crippen molar-refractivity contribution in [2.45, 2.75) is 26.3 Å². The Hall–Kier alpha value is -2.82. The Morgan fingerprint density at radius 2 is 2.04 bits per heavy atom. The van der Waals surface area contributed by atoms with Gasteiger partial charge in [0.25, 0.3) is 0 Å². The number of aryl methyl sites for hydroxylation is 2. The number of nitrogens with zero attached hydrogens (tertiary/aromatic N) is 2. The van der Waals surface area contributed by atoms with Gasteiger partial charge in [-0.3, -0.25) is 4.79 Å². The van der Waals surface area contributed by atoms with E-state index in [1.807, 2.05) is 28.8 Å². The third-order valence-electron chi connectivity index (χ3n) is 3.89. The summed E-state index contributed by atoms with van der Waals surface area (Å²) in [6.45, 7) is 2.73. The van der Waals surface area contributed by atoms with E-state index in [9.17, 15) is 4.79 Å². The van der Waals surface area contributed by atoms with Crippen LogP contribution in [0.25, 0.3) is 11.0 Å². The molecule has 0 unspecified atom stereocenters. The van der Waals surface area contributed by atoms with Crippen LogP contribution in [0, 0.1) is 6.92 Å². The average Bonchev–Trinajstić information content (AvgIpc) is 2.80. The van der Waals surface area contributed by atoms with E-state index in [0.717, 1.165) is 16.6 Å². The Labute approximate surface area is 134 Å². The van der Waals surface area contributed by atoms with Crippen LogP contribution in [0.2, 0.25) is 0 Å². The first-order valence-electron chi connectivity index (χ1n) is 7.55. The molecule has 0 aliphatic rings. The fourth-order valence-corrected chi connectivity index (χ4v) is 2.76. The predicted octanol–water partition coefficient (Wildman–Crippen LogP) is 2.99. The van der Waals surface area contributed by atoms with Gasteiger partial charge in [0.2, 0.25) is 5.95 Å². The summed E-state index contributed by atoms with van der Waals surface area (Å²) in [6, 6.07) is 14.1. The van der Waals surface area contributed by atoms with Crippen LogP contribution in [0.1, 0.15) is 23.1 Å². The quantitative estimate of drug-likeness (QED) is 0.759. The largest absolute Gasteiger partial charge is 0.481 e. The molecular formula is C18H19N3O2. The van der Waals surface area contributed by atoms with Crippen molar-refractivity contribution in [2.75, 3.05) is 5.73 Å². The second-order valence-electron chi connectivity index (χ2n) is 5.76. The van der Waals surface area contributed by atoms with Gasteiger partial charge in [-0.1, -0.05) is 35.9 Å². The standard InChI is InChI=1S/C18H19N3O2/c1-12-3-2-4-14(9-12)11-21-16-7-5-13(6-8-17(22)23)10-15(16)20-18(21)19/h2-5,7,9-10H,6,8,11H2,1H3,(H2,19,20)(H,22,23). The maximum absolute atomic E-state index is 10.7. The number of nitrogens with two attached hydrogens (primary N) is 1. The molecule has 0 saturated heterocycles. The third kappa shape index (κ3) is 3.34. The summed E-state index contributed by atoms with van der Waals surface area (Å²) in [6.07, 6.45) is 0.612. The smallest absolute Gasteiger partial charge is 0.303 e. The number of fused-ring (bicyclic) bond motifs is 1. The van der Waals surface area contributed by atoms with Crippen LogP contribution in [-0.2, 0) is 17.8 Å². The fourth-order valence-electron chi connectivity index (χ4n) is 2.76. The Morgan fingerprint density at radius 1 is 1.22 bits per heavy atom. The molecular weight excluding hydrogens is 290 g/mol. The molecule has 23 heavy (non-hydrogen) atoms. The molecule has 3 rings (SSSR count). The lowest BCUT2D eigenvalue weighted by Crippen LogP contribution is -2.04. The minimum atomic E-state index is -0.797. The minimum absolute atomic E-state index is 0.116. The van der Waals surface area contributed by atoms with E-state index >= 15 is 0 Å². The van der Waals surface area contributed by atoms with Crippen LogP contribution in [0.15, 0.2) is 42.5 Å². The summed E-state index contributed by atoms with van der Waals surface area (Å²) in [5, 5.41) is 8.78. The van der Waals surface area contributed by atoms with E-state index in [-0.39, 0.29) is 6.42 Å². The Balaban J connectivity index is 1.92. The number of benzene rings is 2. The number of carboxylic acid groups (broad SMARTS) is 1. The molecule has 0 radical (unpaired) electrons. The van der Waals surface area contributed by atoms with Gasteiger partial charge in [0, 0.05) is 6.42 Å². The lowest BCUT2D eigenvalue weighted by Gasteiger charge is -2.08. The van der Waals surface area contributed by atoms with Crippen LogP contribution in [0.3, 0.4) is 0 Å². The summed E-state index contributed by atoms with van der Waals surface area (Å²) >= 11 is 0. The molecule has 118 valence electrons. The number of hydrogen-bond acceptors (Lipinski definition) is 3. The minimum Gasteiger partial charge on any atom is -0.481 e. The summed E-state index contributed by atoms with van der Waals surface area (Å²) in [5.41, 5.74) is 11.2. The van der Waals surface area contributed by atoms with Gasteiger partial charge in [-0.2, -0.15) is 0 Å². The Morgan fingerprint density at radius 3 is 2.78 bits per heavy atom. The van der Waals surface area contributed by atoms with Crippen LogP contribution in [0.4, 0.5) is 5.95 Å². The van der Waals surface area contributed by atoms with Crippen molar-refractivity contribution in [3.8, 4) is 0 Å². The normalized spacial score (nSPS) is 11.0. The maximum atomic E-state index is 10.7. The van der Waals surface area contributed by atoms with E-state index in [0.29, 0.717) is 18.9 Å². The number of anilines is 1. The molecule has 3 N–H and O–H groups in total. The van der Waals surface area contributed by atoms with Crippen molar-refractivity contribution in [2.24, 2.45) is 0 Å². The van der Waals surface area contributed by atoms with Crippen molar-refractivity contribution >= 4 is 23.0 Å². The van der Waals surface area contributed by atoms with Crippen molar-refractivity contribution in [3.63, 3.8) is 0 Å². The van der Waals surface area contributed by atoms with Gasteiger partial charge < -0.3 is 15.4 Å². The highest BCUT2D eigenvalue weighted by Gasteiger charge is 2.10. The zero-order valence-corrected chi connectivity index (χ0v) is 13.0. The SMILES string of the molecule is Cc1cccc(Cn2c(N)nc3cc(CCC(=O)O)ccc32)c1. The van der Waals surface area contributed by atoms with E-state index in [1.165, 1.54) is 11.1 Å². The van der Waals surface area contributed by atoms with Crippen LogP contribution >= 0.6 is 0 Å². The number of imidazole rings is 1. The first kappa shape index (κ1) is 15.1. The molecule has 5 nitrogen and oxygen atoms in total. The molecule has 0 saturated carbocycles. The lowest BCUT2D eigenvalue weighted by molar-refractivity contribution is -0.136. The summed E-state index contributed by atoms with van der Waals surface area (Å²) in [4.78, 5) is 15.1. The van der Waals surface area contributed by atoms with Crippen LogP contribution in [-0.4, -0.2) is 20.6 Å². The second kappa shape index (κ2) is 6.12. The summed E-state index contributed by atoms with van der Waals surface area (Å²) in [7, 11) is 0. The van der Waals surface area contributed by atoms with Crippen LogP contribution < -0.4 is 5.73 Å². The first-order chi connectivity index (χ1) is 11.0. The molecule has 2 aromatic carbocycles. The molecule has 0 bridgehead atoms. The highest BCUT2D eigenvalue weighted by Crippen LogP contribution is 2.21. The van der Waals surface area contributed by atoms with Gasteiger partial charge in [-0.25, -0.2) is 4.98 Å². The van der Waals surface area contributed by atoms with Crippen molar-refractivity contribution in [1.82, 2.24) is 9.55 Å². The van der Waals surface area contributed by atoms with Gasteiger partial charge in [0.05, 0.1) is 17.6 Å². The molecule has 1 heterocycles. The molecule has 0 aliphatic carbocycles. The second-order valence-corrected chi connectivity index (χ2v) is 5.76. The highest BCUT2D eigenvalue weighted by molar-refractivity contribution is 5.79. The monoisotopic (exact) mass is 309 g/mol. The average molecular weight is 309 g/mol. The van der Waals surface area contributed by atoms with Gasteiger partial charge in [-0.15, -0.1) is 0 Å². The van der Waals surface area contributed by atoms with Gasteiger partial charge in [0.15, 0.2) is 0 Å². The van der Waals surface area contributed by atoms with Gasteiger partial charge in [0.1, 0.15) is 0 Å². The molecule has 1 aromatic heterocycles. The van der Waals surface area contributed by atoms with Crippen molar-refractivity contribution in [3.05, 3.63) is 59.2 Å². The fraction of sp³-hybridized carbons (Fsp3) is 0.222. The van der Waals surface area contributed by atoms with Crippen molar-refractivity contribution in [1.29, 1.82) is 0 Å². The molecule has 0 aliphatic heterocycles. The van der Waals surface area contributed by atoms with E-state index in [4.69, 9.17) is 10.8 Å². The number of aliphatic carboxylic acids is 1. The van der Waals surface area contributed by atoms with Gasteiger partial charge in [-0.05, 0) is 36.6 Å². The predicted molar refractivity (Wildman–Crippen MR) is 90.4 cm³/mol. The lowest BCUT2D eigenvalue weighted by atomic mass is 10.1. The topological polar surface area (TPSA) is 81.1 Å². The summed E-state index contributed by atoms with van der Waals surface area (Å²) in [5.74, 6) is -0.327. The molecule has 0 fully saturated rings. The molecule has 0 amide bonds. The van der Waals surface area contributed by atoms with E-state index in [1.54, 1.807) is 0 Å². The first-order valence-corrected chi connectivity index (χ1v) is 7.55. The zero-order valence-electron chi connectivity index (χ0n) is 13.0. The number of nitrogen functional groups attached to an aromatic ring is 1. The Kier molecular flexibility index (Phi) is 4.02. The number of carboxylic acids is 1. The van der Waals surface area contributed by atoms with E-state index < -0.39 is 5.97 Å². The molecule has 0 spiro atoms. The number of rotatable bonds is 5. The van der Waals surface area contributed by atoms with Crippen molar-refractivity contribution < 1.29 is 9.90 Å². The van der Waals surface area contributed by atoms with E-state index in [2.05, 4.69) is 30.1 Å². The zero-order chi connectivity index (χ0) is 16.4. The number of carbonyl (C=O) groups is 1. The highest BCUT2D eigenvalue weighted by atomic mass is 16.4. The Bertz CT molecular complexity index is 868. The number of aromatic nitrogens is 2. The number of hydrogen-bond donors (Lipinski definition) is 2. The summed E-state index contributed by atoms with van der Waals surface area (Å²) < 4.78 is 1.98. The third-order valence-corrected chi connectivity index (χ3v) is 3.89. The maximum Gasteiger partial charge on any atom is 0.303 e. The molecule has 3 aromatic rings. The molecule has 0 atom stereocenters. The van der Waals surface area contributed by atoms with Crippen LogP contribution in [0.5, 0.6) is 0 Å².